The Morgan fingerprint density at radius 2 is 2.06 bits per heavy atom. The van der Waals surface area contributed by atoms with E-state index >= 15 is 0 Å². The molecule has 84 valence electrons. The van der Waals surface area contributed by atoms with E-state index in [-0.39, 0.29) is 11.8 Å². The van der Waals surface area contributed by atoms with Gasteiger partial charge in [-0.25, -0.2) is 0 Å². The van der Waals surface area contributed by atoms with Crippen LogP contribution in [0.25, 0.3) is 0 Å². The number of rotatable bonds is 4. The first-order chi connectivity index (χ1) is 7.70. The third-order valence-corrected chi connectivity index (χ3v) is 3.14. The standard InChI is InChI=1S/C14H17NS/c1-11-6-4-5-7-13(11)14(10-15)12(2)8-9-16-3/h4-9,12,14H,1-3H3/b9-8-. The molecule has 16 heavy (non-hydrogen) atoms. The molecule has 0 amide bonds. The van der Waals surface area contributed by atoms with Gasteiger partial charge in [-0.2, -0.15) is 5.26 Å². The van der Waals surface area contributed by atoms with Crippen molar-refractivity contribution in [2.24, 2.45) is 5.92 Å². The van der Waals surface area contributed by atoms with Gasteiger partial charge in [0, 0.05) is 0 Å². The zero-order valence-electron chi connectivity index (χ0n) is 9.97. The average molecular weight is 231 g/mol. The highest BCUT2D eigenvalue weighted by Crippen LogP contribution is 2.27. The summed E-state index contributed by atoms with van der Waals surface area (Å²) in [5.41, 5.74) is 2.33. The fourth-order valence-corrected chi connectivity index (χ4v) is 2.12. The molecule has 0 aromatic heterocycles. The van der Waals surface area contributed by atoms with Crippen LogP contribution in [0.1, 0.15) is 24.0 Å². The van der Waals surface area contributed by atoms with Gasteiger partial charge in [-0.1, -0.05) is 37.3 Å². The summed E-state index contributed by atoms with van der Waals surface area (Å²) in [6.45, 7) is 4.15. The van der Waals surface area contributed by atoms with Gasteiger partial charge >= 0.3 is 0 Å². The van der Waals surface area contributed by atoms with Gasteiger partial charge < -0.3 is 0 Å². The molecule has 0 saturated carbocycles. The molecule has 0 bridgehead atoms. The lowest BCUT2D eigenvalue weighted by atomic mass is 9.86. The van der Waals surface area contributed by atoms with E-state index in [1.54, 1.807) is 11.8 Å². The van der Waals surface area contributed by atoms with Gasteiger partial charge in [0.05, 0.1) is 12.0 Å². The van der Waals surface area contributed by atoms with E-state index in [1.807, 2.05) is 29.9 Å². The van der Waals surface area contributed by atoms with E-state index in [4.69, 9.17) is 0 Å². The van der Waals surface area contributed by atoms with Crippen LogP contribution < -0.4 is 0 Å². The van der Waals surface area contributed by atoms with Crippen molar-refractivity contribution in [3.63, 3.8) is 0 Å². The number of nitriles is 1. The Bertz CT molecular complexity index is 403. The minimum Gasteiger partial charge on any atom is -0.198 e. The minimum absolute atomic E-state index is 0.0513. The second kappa shape index (κ2) is 6.40. The molecule has 0 saturated heterocycles. The molecule has 0 fully saturated rings. The summed E-state index contributed by atoms with van der Waals surface area (Å²) >= 11 is 1.67. The number of hydrogen-bond acceptors (Lipinski definition) is 2. The molecule has 2 unspecified atom stereocenters. The lowest BCUT2D eigenvalue weighted by Crippen LogP contribution is -2.06. The third kappa shape index (κ3) is 3.15. The number of benzene rings is 1. The maximum atomic E-state index is 9.28. The Labute approximate surface area is 102 Å². The summed E-state index contributed by atoms with van der Waals surface area (Å²) in [6.07, 6.45) is 4.13. The molecule has 0 aliphatic heterocycles. The largest absolute Gasteiger partial charge is 0.198 e. The second-order valence-electron chi connectivity index (χ2n) is 3.89. The number of thioether (sulfide) groups is 1. The van der Waals surface area contributed by atoms with Crippen LogP contribution in [0.15, 0.2) is 35.7 Å². The molecule has 2 atom stereocenters. The van der Waals surface area contributed by atoms with E-state index in [0.29, 0.717) is 0 Å². The van der Waals surface area contributed by atoms with Gasteiger partial charge in [0.1, 0.15) is 0 Å². The fourth-order valence-electron chi connectivity index (χ4n) is 1.72. The molecule has 0 N–H and O–H groups in total. The first-order valence-electron chi connectivity index (χ1n) is 5.35. The number of allylic oxidation sites excluding steroid dienone is 1. The van der Waals surface area contributed by atoms with Crippen LogP contribution in [0, 0.1) is 24.2 Å². The van der Waals surface area contributed by atoms with Gasteiger partial charge in [0.15, 0.2) is 0 Å². The molecule has 1 aromatic carbocycles. The van der Waals surface area contributed by atoms with Gasteiger partial charge in [0.2, 0.25) is 0 Å². The van der Waals surface area contributed by atoms with Crippen molar-refractivity contribution >= 4 is 11.8 Å². The molecule has 1 rings (SSSR count). The lowest BCUT2D eigenvalue weighted by molar-refractivity contribution is 0.650. The summed E-state index contributed by atoms with van der Waals surface area (Å²) < 4.78 is 0. The summed E-state index contributed by atoms with van der Waals surface area (Å²) in [5.74, 6) is 0.197. The van der Waals surface area contributed by atoms with Crippen LogP contribution >= 0.6 is 11.8 Å². The Kier molecular flexibility index (Phi) is 5.14. The molecular formula is C14H17NS. The monoisotopic (exact) mass is 231 g/mol. The topological polar surface area (TPSA) is 23.8 Å². The number of aryl methyl sites for hydroxylation is 1. The number of nitrogens with zero attached hydrogens (tertiary/aromatic N) is 1. The molecule has 1 aromatic rings. The highest BCUT2D eigenvalue weighted by Gasteiger charge is 2.17. The summed E-state index contributed by atoms with van der Waals surface area (Å²) in [6, 6.07) is 10.5. The minimum atomic E-state index is -0.0513. The van der Waals surface area contributed by atoms with Gasteiger partial charge in [0.25, 0.3) is 0 Å². The summed E-state index contributed by atoms with van der Waals surface area (Å²) in [5, 5.41) is 11.3. The van der Waals surface area contributed by atoms with E-state index in [2.05, 4.69) is 32.1 Å². The SMILES string of the molecule is CS/C=C\C(C)C(C#N)c1ccccc1C. The zero-order chi connectivity index (χ0) is 12.0. The van der Waals surface area contributed by atoms with Crippen LogP contribution in [0.2, 0.25) is 0 Å². The van der Waals surface area contributed by atoms with Crippen LogP contribution in [0.3, 0.4) is 0 Å². The normalized spacial score (nSPS) is 14.6. The first-order valence-corrected chi connectivity index (χ1v) is 6.64. The van der Waals surface area contributed by atoms with Crippen molar-refractivity contribution in [1.82, 2.24) is 0 Å². The molecule has 0 heterocycles. The zero-order valence-corrected chi connectivity index (χ0v) is 10.8. The molecule has 1 nitrogen and oxygen atoms in total. The van der Waals surface area contributed by atoms with Crippen molar-refractivity contribution in [3.8, 4) is 6.07 Å². The first kappa shape index (κ1) is 12.9. The van der Waals surface area contributed by atoms with Crippen molar-refractivity contribution in [2.75, 3.05) is 6.26 Å². The Hall–Kier alpha value is -1.20. The second-order valence-corrected chi connectivity index (χ2v) is 4.63. The molecule has 0 aliphatic carbocycles. The van der Waals surface area contributed by atoms with Gasteiger partial charge in [-0.05, 0) is 35.6 Å². The Balaban J connectivity index is 2.96. The highest BCUT2D eigenvalue weighted by molar-refractivity contribution is 8.01. The van der Waals surface area contributed by atoms with Crippen molar-refractivity contribution in [2.45, 2.75) is 19.8 Å². The van der Waals surface area contributed by atoms with Crippen LogP contribution in [0.4, 0.5) is 0 Å². The van der Waals surface area contributed by atoms with E-state index in [1.165, 1.54) is 5.56 Å². The molecular weight excluding hydrogens is 214 g/mol. The average Bonchev–Trinajstić information content (AvgIpc) is 2.30. The maximum absolute atomic E-state index is 9.28. The Morgan fingerprint density at radius 3 is 2.62 bits per heavy atom. The predicted octanol–water partition coefficient (Wildman–Crippen LogP) is 4.12. The van der Waals surface area contributed by atoms with Crippen LogP contribution in [0.5, 0.6) is 0 Å². The molecule has 0 radical (unpaired) electrons. The van der Waals surface area contributed by atoms with E-state index in [9.17, 15) is 5.26 Å². The quantitative estimate of drug-likeness (QED) is 0.778. The van der Waals surface area contributed by atoms with Crippen molar-refractivity contribution in [1.29, 1.82) is 5.26 Å². The van der Waals surface area contributed by atoms with Crippen molar-refractivity contribution in [3.05, 3.63) is 46.9 Å². The third-order valence-electron chi connectivity index (χ3n) is 2.71. The fraction of sp³-hybridized carbons (Fsp3) is 0.357. The molecule has 0 aliphatic rings. The molecule has 0 spiro atoms. The summed E-state index contributed by atoms with van der Waals surface area (Å²) in [7, 11) is 0. The van der Waals surface area contributed by atoms with Gasteiger partial charge in [-0.3, -0.25) is 0 Å². The Morgan fingerprint density at radius 1 is 1.38 bits per heavy atom. The van der Waals surface area contributed by atoms with E-state index in [0.717, 1.165) is 5.56 Å². The highest BCUT2D eigenvalue weighted by atomic mass is 32.2. The van der Waals surface area contributed by atoms with Crippen LogP contribution in [-0.2, 0) is 0 Å². The van der Waals surface area contributed by atoms with E-state index < -0.39 is 0 Å². The lowest BCUT2D eigenvalue weighted by Gasteiger charge is -2.16. The van der Waals surface area contributed by atoms with Crippen molar-refractivity contribution < 1.29 is 0 Å². The number of hydrogen-bond donors (Lipinski definition) is 0. The van der Waals surface area contributed by atoms with Crippen LogP contribution in [-0.4, -0.2) is 6.26 Å². The summed E-state index contributed by atoms with van der Waals surface area (Å²) in [4.78, 5) is 0. The molecule has 2 heteroatoms. The maximum Gasteiger partial charge on any atom is 0.0775 e. The predicted molar refractivity (Wildman–Crippen MR) is 71.4 cm³/mol. The van der Waals surface area contributed by atoms with Gasteiger partial charge in [-0.15, -0.1) is 11.8 Å². The smallest absolute Gasteiger partial charge is 0.0775 e.